The first-order chi connectivity index (χ1) is 11.2. The SMILES string of the molecule is CNc1ccc2c(c1)NC(=O)CC/C=C/CC(N)c1nc-2c[nH]1. The molecule has 2 aromatic rings. The summed E-state index contributed by atoms with van der Waals surface area (Å²) in [6, 6.07) is 5.64. The molecule has 6 heteroatoms. The number of carbonyl (C=O) groups is 1. The molecule has 1 aliphatic rings. The van der Waals surface area contributed by atoms with Crippen LogP contribution in [-0.2, 0) is 4.79 Å². The van der Waals surface area contributed by atoms with E-state index in [-0.39, 0.29) is 11.9 Å². The van der Waals surface area contributed by atoms with Crippen molar-refractivity contribution in [3.05, 3.63) is 42.4 Å². The van der Waals surface area contributed by atoms with E-state index < -0.39 is 0 Å². The quantitative estimate of drug-likeness (QED) is 0.609. The molecule has 23 heavy (non-hydrogen) atoms. The fraction of sp³-hybridized carbons (Fsp3) is 0.294. The van der Waals surface area contributed by atoms with Crippen molar-refractivity contribution in [1.82, 2.24) is 9.97 Å². The van der Waals surface area contributed by atoms with Gasteiger partial charge in [0.2, 0.25) is 5.91 Å². The number of carbonyl (C=O) groups excluding carboxylic acids is 1. The number of amides is 1. The van der Waals surface area contributed by atoms with E-state index in [1.165, 1.54) is 0 Å². The van der Waals surface area contributed by atoms with Crippen LogP contribution < -0.4 is 16.4 Å². The third-order valence-corrected chi connectivity index (χ3v) is 3.90. The summed E-state index contributed by atoms with van der Waals surface area (Å²) in [5, 5.41) is 6.07. The average Bonchev–Trinajstić information content (AvgIpc) is 3.03. The van der Waals surface area contributed by atoms with Crippen molar-refractivity contribution >= 4 is 17.3 Å². The minimum Gasteiger partial charge on any atom is -0.388 e. The Morgan fingerprint density at radius 2 is 2.22 bits per heavy atom. The Hall–Kier alpha value is -2.60. The van der Waals surface area contributed by atoms with Crippen molar-refractivity contribution in [3.8, 4) is 11.3 Å². The van der Waals surface area contributed by atoms with Crippen molar-refractivity contribution in [2.24, 2.45) is 5.73 Å². The van der Waals surface area contributed by atoms with Crippen LogP contribution >= 0.6 is 0 Å². The number of fused-ring (bicyclic) bond motifs is 4. The lowest BCUT2D eigenvalue weighted by Gasteiger charge is -2.11. The van der Waals surface area contributed by atoms with Gasteiger partial charge in [0.1, 0.15) is 5.82 Å². The van der Waals surface area contributed by atoms with Crippen molar-refractivity contribution in [2.75, 3.05) is 17.7 Å². The molecular formula is C17H21N5O. The number of benzene rings is 1. The van der Waals surface area contributed by atoms with E-state index in [4.69, 9.17) is 5.73 Å². The molecule has 1 aliphatic heterocycles. The summed E-state index contributed by atoms with van der Waals surface area (Å²) in [6.45, 7) is 0. The van der Waals surface area contributed by atoms with Crippen molar-refractivity contribution in [3.63, 3.8) is 0 Å². The van der Waals surface area contributed by atoms with Crippen LogP contribution in [0.4, 0.5) is 11.4 Å². The second kappa shape index (κ2) is 6.66. The van der Waals surface area contributed by atoms with Gasteiger partial charge in [-0.25, -0.2) is 4.98 Å². The third kappa shape index (κ3) is 3.43. The molecule has 5 N–H and O–H groups in total. The maximum Gasteiger partial charge on any atom is 0.224 e. The van der Waals surface area contributed by atoms with Gasteiger partial charge in [0.05, 0.1) is 17.4 Å². The van der Waals surface area contributed by atoms with Gasteiger partial charge in [-0.1, -0.05) is 12.2 Å². The van der Waals surface area contributed by atoms with E-state index in [1.807, 2.05) is 43.6 Å². The van der Waals surface area contributed by atoms with E-state index in [1.54, 1.807) is 0 Å². The molecule has 0 saturated heterocycles. The molecule has 3 rings (SSSR count). The van der Waals surface area contributed by atoms with E-state index in [2.05, 4.69) is 20.6 Å². The van der Waals surface area contributed by atoms with E-state index >= 15 is 0 Å². The maximum absolute atomic E-state index is 12.2. The molecule has 0 radical (unpaired) electrons. The Balaban J connectivity index is 2.05. The van der Waals surface area contributed by atoms with Crippen LogP contribution in [0.5, 0.6) is 0 Å². The average molecular weight is 311 g/mol. The number of allylic oxidation sites excluding steroid dienone is 1. The lowest BCUT2D eigenvalue weighted by molar-refractivity contribution is -0.116. The van der Waals surface area contributed by atoms with Crippen LogP contribution in [0.15, 0.2) is 36.5 Å². The monoisotopic (exact) mass is 311 g/mol. The lowest BCUT2D eigenvalue weighted by Crippen LogP contribution is -2.12. The van der Waals surface area contributed by atoms with Crippen LogP contribution in [0, 0.1) is 0 Å². The topological polar surface area (TPSA) is 95.8 Å². The number of H-pyrrole nitrogens is 1. The first-order valence-corrected chi connectivity index (χ1v) is 7.75. The summed E-state index contributed by atoms with van der Waals surface area (Å²) in [7, 11) is 1.85. The number of hydrogen-bond donors (Lipinski definition) is 4. The Morgan fingerprint density at radius 1 is 1.35 bits per heavy atom. The summed E-state index contributed by atoms with van der Waals surface area (Å²) in [5.74, 6) is 0.738. The third-order valence-electron chi connectivity index (χ3n) is 3.90. The Morgan fingerprint density at radius 3 is 3.04 bits per heavy atom. The Bertz CT molecular complexity index is 734. The fourth-order valence-electron chi connectivity index (χ4n) is 2.59. The minimum atomic E-state index is -0.176. The number of hydrogen-bond acceptors (Lipinski definition) is 4. The Kier molecular flexibility index (Phi) is 4.43. The molecule has 0 saturated carbocycles. The van der Waals surface area contributed by atoms with Crippen molar-refractivity contribution < 1.29 is 4.79 Å². The second-order valence-electron chi connectivity index (χ2n) is 5.58. The molecule has 6 nitrogen and oxygen atoms in total. The molecule has 0 spiro atoms. The number of nitrogens with zero attached hydrogens (tertiary/aromatic N) is 1. The van der Waals surface area contributed by atoms with E-state index in [0.717, 1.165) is 28.5 Å². The summed E-state index contributed by atoms with van der Waals surface area (Å²) in [5.41, 5.74) is 9.48. The number of aromatic nitrogens is 2. The molecular weight excluding hydrogens is 290 g/mol. The zero-order valence-corrected chi connectivity index (χ0v) is 13.1. The van der Waals surface area contributed by atoms with Gasteiger partial charge in [-0.3, -0.25) is 4.79 Å². The molecule has 1 atom stereocenters. The van der Waals surface area contributed by atoms with Crippen LogP contribution in [0.3, 0.4) is 0 Å². The normalized spacial score (nSPS) is 19.6. The van der Waals surface area contributed by atoms with Crippen LogP contribution in [0.2, 0.25) is 0 Å². The smallest absolute Gasteiger partial charge is 0.224 e. The van der Waals surface area contributed by atoms with E-state index in [0.29, 0.717) is 19.3 Å². The Labute approximate surface area is 135 Å². The molecule has 1 amide bonds. The second-order valence-corrected chi connectivity index (χ2v) is 5.58. The summed E-state index contributed by atoms with van der Waals surface area (Å²) < 4.78 is 0. The van der Waals surface area contributed by atoms with Gasteiger partial charge in [-0.05, 0) is 31.0 Å². The molecule has 1 unspecified atom stereocenters. The minimum absolute atomic E-state index is 0.0107. The number of nitrogens with one attached hydrogen (secondary N) is 3. The highest BCUT2D eigenvalue weighted by Gasteiger charge is 2.15. The van der Waals surface area contributed by atoms with Gasteiger partial charge in [0.25, 0.3) is 0 Å². The maximum atomic E-state index is 12.2. The summed E-state index contributed by atoms with van der Waals surface area (Å²) in [6.07, 6.45) is 7.66. The lowest BCUT2D eigenvalue weighted by atomic mass is 10.1. The zero-order chi connectivity index (χ0) is 16.2. The fourth-order valence-corrected chi connectivity index (χ4v) is 2.59. The van der Waals surface area contributed by atoms with Gasteiger partial charge < -0.3 is 21.4 Å². The molecule has 0 fully saturated rings. The van der Waals surface area contributed by atoms with Gasteiger partial charge in [0.15, 0.2) is 0 Å². The van der Waals surface area contributed by atoms with Crippen LogP contribution in [0.1, 0.15) is 31.1 Å². The molecule has 2 bridgehead atoms. The molecule has 120 valence electrons. The number of nitrogens with two attached hydrogens (primary N) is 1. The summed E-state index contributed by atoms with van der Waals surface area (Å²) in [4.78, 5) is 19.9. The number of anilines is 2. The molecule has 1 aromatic heterocycles. The summed E-state index contributed by atoms with van der Waals surface area (Å²) >= 11 is 0. The number of imidazole rings is 1. The molecule has 2 heterocycles. The molecule has 0 aliphatic carbocycles. The highest BCUT2D eigenvalue weighted by molar-refractivity contribution is 5.96. The number of aromatic amines is 1. The first kappa shape index (κ1) is 15.3. The highest BCUT2D eigenvalue weighted by Crippen LogP contribution is 2.30. The predicted molar refractivity (Wildman–Crippen MR) is 92.1 cm³/mol. The van der Waals surface area contributed by atoms with Gasteiger partial charge in [-0.2, -0.15) is 0 Å². The van der Waals surface area contributed by atoms with E-state index in [9.17, 15) is 4.79 Å². The number of rotatable bonds is 1. The van der Waals surface area contributed by atoms with Crippen molar-refractivity contribution in [1.29, 1.82) is 0 Å². The highest BCUT2D eigenvalue weighted by atomic mass is 16.1. The van der Waals surface area contributed by atoms with Crippen LogP contribution in [-0.4, -0.2) is 22.9 Å². The standard InChI is InChI=1S/C17H21N5O/c1-19-11-7-8-12-14(9-11)21-16(23)6-4-2-3-5-13(18)17-20-10-15(12)22-17/h2-3,7-10,13,19H,4-6,18H2,1H3,(H,20,22)(H,21,23)/b3-2+. The zero-order valence-electron chi connectivity index (χ0n) is 13.1. The first-order valence-electron chi connectivity index (χ1n) is 7.75. The molecule has 1 aromatic carbocycles. The van der Waals surface area contributed by atoms with Crippen molar-refractivity contribution in [2.45, 2.75) is 25.3 Å². The van der Waals surface area contributed by atoms with Gasteiger partial charge >= 0.3 is 0 Å². The predicted octanol–water partition coefficient (Wildman–Crippen LogP) is 2.80. The largest absolute Gasteiger partial charge is 0.388 e. The van der Waals surface area contributed by atoms with Crippen LogP contribution in [0.25, 0.3) is 11.3 Å². The van der Waals surface area contributed by atoms with Gasteiger partial charge in [-0.15, -0.1) is 0 Å². The van der Waals surface area contributed by atoms with Gasteiger partial charge in [0, 0.05) is 30.9 Å².